The first-order valence-electron chi connectivity index (χ1n) is 10.5. The van der Waals surface area contributed by atoms with Gasteiger partial charge < -0.3 is 15.7 Å². The van der Waals surface area contributed by atoms with E-state index in [1.54, 1.807) is 36.4 Å². The predicted molar refractivity (Wildman–Crippen MR) is 128 cm³/mol. The summed E-state index contributed by atoms with van der Waals surface area (Å²) >= 11 is 0. The van der Waals surface area contributed by atoms with Crippen LogP contribution in [0, 0.1) is 11.8 Å². The van der Waals surface area contributed by atoms with Gasteiger partial charge in [-0.2, -0.15) is 8.42 Å². The van der Waals surface area contributed by atoms with Crippen molar-refractivity contribution >= 4 is 49.9 Å². The molecule has 0 fully saturated rings. The fraction of sp³-hybridized carbons (Fsp3) is 0.0800. The van der Waals surface area contributed by atoms with Gasteiger partial charge >= 0.3 is 6.03 Å². The number of rotatable bonds is 3. The van der Waals surface area contributed by atoms with E-state index < -0.39 is 32.9 Å². The molecule has 0 aliphatic heterocycles. The standard InChI is InChI=1S/C25H18N2O7S/c28-21-12-15(35(32,33)34)11-13-10-14(8-9-16(13)21)26-25(31)27-20-7-3-6-19-22(20)24(30)18-5-2-1-4-17(18)23(19)29/h1-12,17-18,28H,(H2,26,27,31)(H,32,33,34). The molecule has 2 atom stereocenters. The minimum atomic E-state index is -4.55. The minimum absolute atomic E-state index is 0.148. The van der Waals surface area contributed by atoms with E-state index in [2.05, 4.69) is 10.6 Å². The van der Waals surface area contributed by atoms with Gasteiger partial charge in [-0.05, 0) is 35.7 Å². The first-order valence-corrected chi connectivity index (χ1v) is 12.0. The lowest BCUT2D eigenvalue weighted by molar-refractivity contribution is 0.0802. The topological polar surface area (TPSA) is 150 Å². The number of nitrogens with one attached hydrogen (secondary N) is 2. The molecule has 10 heteroatoms. The van der Waals surface area contributed by atoms with E-state index >= 15 is 0 Å². The Morgan fingerprint density at radius 3 is 2.31 bits per heavy atom. The van der Waals surface area contributed by atoms with Crippen molar-refractivity contribution in [3.63, 3.8) is 0 Å². The molecule has 2 aliphatic carbocycles. The third-order valence-corrected chi connectivity index (χ3v) is 6.86. The fourth-order valence-corrected chi connectivity index (χ4v) is 4.95. The quantitative estimate of drug-likeness (QED) is 0.402. The maximum atomic E-state index is 13.1. The van der Waals surface area contributed by atoms with Crippen molar-refractivity contribution in [2.75, 3.05) is 10.6 Å². The molecule has 2 amide bonds. The number of Topliss-reactive ketones (excluding diaryl/α,β-unsaturated/α-hetero) is 2. The molecule has 3 aromatic rings. The van der Waals surface area contributed by atoms with Crippen molar-refractivity contribution in [1.29, 1.82) is 0 Å². The molecule has 0 saturated heterocycles. The maximum absolute atomic E-state index is 13.1. The number of hydrogen-bond acceptors (Lipinski definition) is 6. The van der Waals surface area contributed by atoms with Gasteiger partial charge in [-0.15, -0.1) is 0 Å². The molecule has 9 nitrogen and oxygen atoms in total. The summed E-state index contributed by atoms with van der Waals surface area (Å²) < 4.78 is 32.2. The third kappa shape index (κ3) is 3.98. The lowest BCUT2D eigenvalue weighted by atomic mass is 9.72. The van der Waals surface area contributed by atoms with Crippen LogP contribution in [0.3, 0.4) is 0 Å². The Balaban J connectivity index is 1.43. The average Bonchev–Trinajstić information content (AvgIpc) is 2.81. The highest BCUT2D eigenvalue weighted by Gasteiger charge is 2.40. The second-order valence-corrected chi connectivity index (χ2v) is 9.63. The number of phenolic OH excluding ortho intramolecular Hbond substituents is 1. The normalized spacial score (nSPS) is 18.8. The number of allylic oxidation sites excluding steroid dienone is 4. The van der Waals surface area contributed by atoms with Crippen LogP contribution in [0.15, 0.2) is 77.7 Å². The van der Waals surface area contributed by atoms with Gasteiger partial charge in [0.15, 0.2) is 11.6 Å². The van der Waals surface area contributed by atoms with Gasteiger partial charge in [0.05, 0.1) is 28.0 Å². The van der Waals surface area contributed by atoms with Gasteiger partial charge in [0, 0.05) is 22.7 Å². The smallest absolute Gasteiger partial charge is 0.323 e. The molecule has 35 heavy (non-hydrogen) atoms. The van der Waals surface area contributed by atoms with Crippen LogP contribution < -0.4 is 10.6 Å². The Morgan fingerprint density at radius 1 is 0.886 bits per heavy atom. The number of carbonyl (C=O) groups is 3. The van der Waals surface area contributed by atoms with E-state index in [9.17, 15) is 32.5 Å². The van der Waals surface area contributed by atoms with Gasteiger partial charge in [-0.3, -0.25) is 14.1 Å². The number of ketones is 2. The lowest BCUT2D eigenvalue weighted by Crippen LogP contribution is -2.36. The zero-order valence-corrected chi connectivity index (χ0v) is 18.7. The number of amides is 2. The lowest BCUT2D eigenvalue weighted by Gasteiger charge is -2.29. The summed E-state index contributed by atoms with van der Waals surface area (Å²) in [7, 11) is -4.55. The van der Waals surface area contributed by atoms with Gasteiger partial charge in [0.2, 0.25) is 0 Å². The van der Waals surface area contributed by atoms with Crippen LogP contribution in [-0.2, 0) is 10.1 Å². The zero-order chi connectivity index (χ0) is 24.9. The Bertz CT molecular complexity index is 1610. The number of aromatic hydroxyl groups is 1. The summed E-state index contributed by atoms with van der Waals surface area (Å²) in [6, 6.07) is 10.4. The molecule has 0 saturated carbocycles. The molecule has 0 spiro atoms. The summed E-state index contributed by atoms with van der Waals surface area (Å²) in [5, 5.41) is 15.8. The number of anilines is 2. The van der Waals surface area contributed by atoms with Crippen molar-refractivity contribution in [3.8, 4) is 5.75 Å². The average molecular weight is 490 g/mol. The number of fused-ring (bicyclic) bond motifs is 3. The number of carbonyl (C=O) groups excluding carboxylic acids is 3. The third-order valence-electron chi connectivity index (χ3n) is 6.02. The summed E-state index contributed by atoms with van der Waals surface area (Å²) in [5.74, 6) is -2.00. The Morgan fingerprint density at radius 2 is 1.60 bits per heavy atom. The first-order chi connectivity index (χ1) is 16.6. The highest BCUT2D eigenvalue weighted by molar-refractivity contribution is 7.85. The number of phenols is 1. The van der Waals surface area contributed by atoms with Crippen molar-refractivity contribution in [2.24, 2.45) is 11.8 Å². The van der Waals surface area contributed by atoms with Gasteiger partial charge in [-0.1, -0.05) is 36.4 Å². The van der Waals surface area contributed by atoms with E-state index in [1.165, 1.54) is 24.3 Å². The van der Waals surface area contributed by atoms with Crippen LogP contribution in [0.4, 0.5) is 16.2 Å². The van der Waals surface area contributed by atoms with E-state index in [1.807, 2.05) is 0 Å². The largest absolute Gasteiger partial charge is 0.507 e. The van der Waals surface area contributed by atoms with Crippen LogP contribution in [0.1, 0.15) is 20.7 Å². The molecular formula is C25H18N2O7S. The van der Waals surface area contributed by atoms with Crippen molar-refractivity contribution in [2.45, 2.75) is 4.90 Å². The van der Waals surface area contributed by atoms with E-state index in [0.717, 1.165) is 12.1 Å². The van der Waals surface area contributed by atoms with Crippen molar-refractivity contribution in [3.05, 3.63) is 84.0 Å². The van der Waals surface area contributed by atoms with Gasteiger partial charge in [0.1, 0.15) is 5.75 Å². The summed E-state index contributed by atoms with van der Waals surface area (Å²) in [6.45, 7) is 0. The molecule has 2 aliphatic rings. The first kappa shape index (κ1) is 22.5. The number of urea groups is 1. The van der Waals surface area contributed by atoms with Gasteiger partial charge in [-0.25, -0.2) is 4.79 Å². The van der Waals surface area contributed by atoms with E-state index in [-0.39, 0.29) is 45.2 Å². The van der Waals surface area contributed by atoms with Gasteiger partial charge in [0.25, 0.3) is 10.1 Å². The Kier molecular flexibility index (Phi) is 5.27. The highest BCUT2D eigenvalue weighted by Crippen LogP contribution is 2.37. The molecule has 0 heterocycles. The second kappa shape index (κ2) is 8.19. The predicted octanol–water partition coefficient (Wildman–Crippen LogP) is 4.17. The van der Waals surface area contributed by atoms with Crippen LogP contribution >= 0.6 is 0 Å². The van der Waals surface area contributed by atoms with E-state index in [0.29, 0.717) is 5.39 Å². The molecule has 0 radical (unpaired) electrons. The number of benzene rings is 3. The SMILES string of the molecule is O=C(Nc1ccc2c(O)cc(S(=O)(=O)O)cc2c1)Nc1cccc2c1C(=O)C1C=CC=CC1C2=O. The molecule has 2 unspecified atom stereocenters. The summed E-state index contributed by atoms with van der Waals surface area (Å²) in [5.41, 5.74) is 0.837. The van der Waals surface area contributed by atoms with Crippen LogP contribution in [0.25, 0.3) is 10.8 Å². The highest BCUT2D eigenvalue weighted by atomic mass is 32.2. The van der Waals surface area contributed by atoms with Crippen molar-refractivity contribution < 1.29 is 32.5 Å². The second-order valence-electron chi connectivity index (χ2n) is 8.21. The Labute approximate surface area is 199 Å². The molecule has 5 rings (SSSR count). The molecule has 176 valence electrons. The van der Waals surface area contributed by atoms with Crippen LogP contribution in [-0.4, -0.2) is 35.7 Å². The molecule has 3 aromatic carbocycles. The number of hydrogen-bond donors (Lipinski definition) is 4. The van der Waals surface area contributed by atoms with Crippen LogP contribution in [0.2, 0.25) is 0 Å². The molecule has 4 N–H and O–H groups in total. The molecule has 0 aromatic heterocycles. The summed E-state index contributed by atoms with van der Waals surface area (Å²) in [4.78, 5) is 38.3. The zero-order valence-electron chi connectivity index (χ0n) is 17.9. The summed E-state index contributed by atoms with van der Waals surface area (Å²) in [6.07, 6.45) is 6.82. The maximum Gasteiger partial charge on any atom is 0.323 e. The monoisotopic (exact) mass is 490 g/mol. The molecular weight excluding hydrogens is 472 g/mol. The molecule has 0 bridgehead atoms. The van der Waals surface area contributed by atoms with Crippen LogP contribution in [0.5, 0.6) is 5.75 Å². The minimum Gasteiger partial charge on any atom is -0.507 e. The Hall–Kier alpha value is -4.28. The fourth-order valence-electron chi connectivity index (χ4n) is 4.42. The van der Waals surface area contributed by atoms with E-state index in [4.69, 9.17) is 0 Å². The van der Waals surface area contributed by atoms with Crippen molar-refractivity contribution in [1.82, 2.24) is 0 Å².